The summed E-state index contributed by atoms with van der Waals surface area (Å²) < 4.78 is 22.6. The van der Waals surface area contributed by atoms with Crippen molar-refractivity contribution in [1.82, 2.24) is 5.32 Å². The van der Waals surface area contributed by atoms with Crippen molar-refractivity contribution in [1.29, 1.82) is 0 Å². The molecule has 0 aromatic heterocycles. The van der Waals surface area contributed by atoms with Gasteiger partial charge in [-0.25, -0.2) is 0 Å². The number of nitrogens with one attached hydrogen (secondary N) is 1. The molecule has 9 N–H and O–H groups in total. The van der Waals surface area contributed by atoms with Crippen LogP contribution in [-0.4, -0.2) is 140 Å². The molecule has 2 heterocycles. The van der Waals surface area contributed by atoms with E-state index in [1.807, 2.05) is 6.08 Å². The average Bonchev–Trinajstić information content (AvgIpc) is 3.22. The number of hydrogen-bond donors (Lipinski definition) is 9. The van der Waals surface area contributed by atoms with E-state index in [0.29, 0.717) is 6.42 Å². The number of aliphatic hydroxyl groups excluding tert-OH is 8. The first-order valence-corrected chi connectivity index (χ1v) is 22.6. The maximum Gasteiger partial charge on any atom is 0.220 e. The van der Waals surface area contributed by atoms with Gasteiger partial charge in [0.15, 0.2) is 12.6 Å². The van der Waals surface area contributed by atoms with Crippen LogP contribution in [0.1, 0.15) is 155 Å². The molecule has 14 nitrogen and oxygen atoms in total. The standard InChI is InChI=1S/C44H81NO13/c1-3-5-7-9-11-13-15-16-17-18-19-21-23-25-27-33(48)32(45-36(49)28-26-24-22-20-14-12-10-8-6-4-2)31-55-43-41(54)39(52)42(35(30-47)57-43)58-44-40(53)38(51)37(50)34(29-46)56-44/h8,10,25,27,32-35,37-44,46-48,50-54H,3-7,9,11-24,26,28-31H2,1-2H3,(H,45,49)/b10-8-,27-25+. The molecule has 2 aliphatic rings. The molecule has 0 aliphatic carbocycles. The summed E-state index contributed by atoms with van der Waals surface area (Å²) in [5.74, 6) is -0.254. The molecule has 2 saturated heterocycles. The van der Waals surface area contributed by atoms with Gasteiger partial charge in [-0.2, -0.15) is 0 Å². The van der Waals surface area contributed by atoms with Crippen LogP contribution in [0.15, 0.2) is 24.3 Å². The first-order chi connectivity index (χ1) is 28.1. The highest BCUT2D eigenvalue weighted by atomic mass is 16.7. The van der Waals surface area contributed by atoms with E-state index in [4.69, 9.17) is 18.9 Å². The van der Waals surface area contributed by atoms with E-state index < -0.39 is 86.8 Å². The van der Waals surface area contributed by atoms with Gasteiger partial charge in [-0.1, -0.05) is 134 Å². The summed E-state index contributed by atoms with van der Waals surface area (Å²) in [6, 6.07) is -0.913. The zero-order valence-corrected chi connectivity index (χ0v) is 35.5. The van der Waals surface area contributed by atoms with Crippen LogP contribution >= 0.6 is 0 Å². The third-order valence-electron chi connectivity index (χ3n) is 11.1. The summed E-state index contributed by atoms with van der Waals surface area (Å²) >= 11 is 0. The van der Waals surface area contributed by atoms with Gasteiger partial charge in [0.05, 0.1) is 32.0 Å². The van der Waals surface area contributed by atoms with E-state index in [1.54, 1.807) is 6.08 Å². The van der Waals surface area contributed by atoms with Gasteiger partial charge in [0.25, 0.3) is 0 Å². The summed E-state index contributed by atoms with van der Waals surface area (Å²) in [4.78, 5) is 13.0. The number of carbonyl (C=O) groups excluding carboxylic acids is 1. The number of aliphatic hydroxyl groups is 8. The van der Waals surface area contributed by atoms with Crippen molar-refractivity contribution in [3.8, 4) is 0 Å². The van der Waals surface area contributed by atoms with Crippen LogP contribution in [0.4, 0.5) is 0 Å². The Labute approximate surface area is 348 Å². The fourth-order valence-corrected chi connectivity index (χ4v) is 7.35. The molecule has 12 unspecified atom stereocenters. The topological polar surface area (TPSA) is 228 Å². The summed E-state index contributed by atoms with van der Waals surface area (Å²) in [6.07, 6.45) is 15.2. The molecule has 2 fully saturated rings. The van der Waals surface area contributed by atoms with E-state index in [9.17, 15) is 45.6 Å². The number of amides is 1. The van der Waals surface area contributed by atoms with Gasteiger partial charge in [-0.15, -0.1) is 0 Å². The zero-order valence-electron chi connectivity index (χ0n) is 35.5. The molecule has 12 atom stereocenters. The zero-order chi connectivity index (χ0) is 42.5. The van der Waals surface area contributed by atoms with Crippen molar-refractivity contribution in [3.05, 3.63) is 24.3 Å². The van der Waals surface area contributed by atoms with E-state index >= 15 is 0 Å². The van der Waals surface area contributed by atoms with Gasteiger partial charge in [0.1, 0.15) is 48.8 Å². The van der Waals surface area contributed by atoms with Gasteiger partial charge >= 0.3 is 0 Å². The maximum atomic E-state index is 13.0. The first-order valence-electron chi connectivity index (χ1n) is 22.6. The molecule has 0 spiro atoms. The minimum atomic E-state index is -1.79. The highest BCUT2D eigenvalue weighted by Crippen LogP contribution is 2.30. The van der Waals surface area contributed by atoms with Crippen LogP contribution in [0, 0.1) is 0 Å². The first kappa shape index (κ1) is 52.6. The fraction of sp³-hybridized carbons (Fsp3) is 0.886. The van der Waals surface area contributed by atoms with Crippen molar-refractivity contribution >= 4 is 5.91 Å². The smallest absolute Gasteiger partial charge is 0.220 e. The Kier molecular flexibility index (Phi) is 29.2. The number of carbonyl (C=O) groups is 1. The number of unbranched alkanes of at least 4 members (excludes halogenated alkanes) is 18. The Morgan fingerprint density at radius 1 is 0.603 bits per heavy atom. The molecule has 1 amide bonds. The Hall–Kier alpha value is -1.53. The summed E-state index contributed by atoms with van der Waals surface area (Å²) in [5.41, 5.74) is 0. The molecule has 2 rings (SSSR count). The lowest BCUT2D eigenvalue weighted by atomic mass is 9.97. The second-order valence-electron chi connectivity index (χ2n) is 16.2. The lowest BCUT2D eigenvalue weighted by molar-refractivity contribution is -0.359. The van der Waals surface area contributed by atoms with Gasteiger partial charge in [-0.3, -0.25) is 4.79 Å². The third kappa shape index (κ3) is 20.4. The molecular weight excluding hydrogens is 750 g/mol. The Morgan fingerprint density at radius 2 is 1.12 bits per heavy atom. The second kappa shape index (κ2) is 32.2. The van der Waals surface area contributed by atoms with E-state index in [2.05, 4.69) is 31.3 Å². The molecule has 58 heavy (non-hydrogen) atoms. The quantitative estimate of drug-likeness (QED) is 0.0334. The number of hydrogen-bond acceptors (Lipinski definition) is 13. The van der Waals surface area contributed by atoms with E-state index in [-0.39, 0.29) is 18.9 Å². The van der Waals surface area contributed by atoms with Crippen molar-refractivity contribution in [2.75, 3.05) is 19.8 Å². The third-order valence-corrected chi connectivity index (χ3v) is 11.1. The van der Waals surface area contributed by atoms with E-state index in [1.165, 1.54) is 64.2 Å². The molecule has 0 aromatic carbocycles. The molecule has 2 aliphatic heterocycles. The van der Waals surface area contributed by atoms with Crippen LogP contribution < -0.4 is 5.32 Å². The van der Waals surface area contributed by atoms with Crippen LogP contribution in [0.5, 0.6) is 0 Å². The average molecular weight is 832 g/mol. The summed E-state index contributed by atoms with van der Waals surface area (Å²) in [5, 5.41) is 86.3. The molecule has 0 bridgehead atoms. The van der Waals surface area contributed by atoms with Crippen LogP contribution in [0.3, 0.4) is 0 Å². The van der Waals surface area contributed by atoms with Crippen molar-refractivity contribution in [3.63, 3.8) is 0 Å². The fourth-order valence-electron chi connectivity index (χ4n) is 7.35. The Balaban J connectivity index is 1.92. The molecule has 0 radical (unpaired) electrons. The highest BCUT2D eigenvalue weighted by molar-refractivity contribution is 5.76. The van der Waals surface area contributed by atoms with Crippen molar-refractivity contribution in [2.45, 2.75) is 229 Å². The SMILES string of the molecule is CCC/C=C\CCCCCCCC(=O)NC(COC1OC(CO)C(OC2OC(CO)C(O)C(O)C2O)C(O)C1O)C(O)/C=C/CCCCCCCCCCCCCC. The van der Waals surface area contributed by atoms with Crippen LogP contribution in [-0.2, 0) is 23.7 Å². The predicted molar refractivity (Wildman–Crippen MR) is 221 cm³/mol. The second-order valence-corrected chi connectivity index (χ2v) is 16.2. The highest BCUT2D eigenvalue weighted by Gasteiger charge is 2.50. The molecule has 14 heteroatoms. The minimum absolute atomic E-state index is 0.254. The number of ether oxygens (including phenoxy) is 4. The van der Waals surface area contributed by atoms with Gasteiger partial charge < -0.3 is 65.1 Å². The molecular formula is C44H81NO13. The van der Waals surface area contributed by atoms with Gasteiger partial charge in [0.2, 0.25) is 5.91 Å². The summed E-state index contributed by atoms with van der Waals surface area (Å²) in [6.45, 7) is 2.68. The minimum Gasteiger partial charge on any atom is -0.394 e. The molecule has 0 aromatic rings. The lowest BCUT2D eigenvalue weighted by Gasteiger charge is -2.46. The molecule has 340 valence electrons. The van der Waals surface area contributed by atoms with Crippen LogP contribution in [0.2, 0.25) is 0 Å². The van der Waals surface area contributed by atoms with E-state index in [0.717, 1.165) is 64.2 Å². The van der Waals surface area contributed by atoms with Gasteiger partial charge in [-0.05, 0) is 38.5 Å². The Morgan fingerprint density at radius 3 is 1.71 bits per heavy atom. The van der Waals surface area contributed by atoms with Crippen molar-refractivity contribution < 1.29 is 64.6 Å². The monoisotopic (exact) mass is 832 g/mol. The Bertz CT molecular complexity index is 1080. The number of rotatable bonds is 33. The largest absolute Gasteiger partial charge is 0.394 e. The lowest BCUT2D eigenvalue weighted by Crippen LogP contribution is -2.65. The molecule has 0 saturated carbocycles. The maximum absolute atomic E-state index is 13.0. The van der Waals surface area contributed by atoms with Gasteiger partial charge in [0, 0.05) is 6.42 Å². The predicted octanol–water partition coefficient (Wildman–Crippen LogP) is 4.21. The normalized spacial score (nSPS) is 29.0. The van der Waals surface area contributed by atoms with Crippen molar-refractivity contribution in [2.24, 2.45) is 0 Å². The summed E-state index contributed by atoms with van der Waals surface area (Å²) in [7, 11) is 0. The van der Waals surface area contributed by atoms with Crippen LogP contribution in [0.25, 0.3) is 0 Å². The number of allylic oxidation sites excluding steroid dienone is 3.